The maximum atomic E-state index is 12.6. The van der Waals surface area contributed by atoms with Gasteiger partial charge in [0, 0.05) is 47.4 Å². The molecule has 0 spiro atoms. The SMILES string of the molecule is O=C(CCCCCCCC(=O)Nc1cccc(C(=O)NC2CCCCC2)c1)Nc1cccc(C(=O)NC2CCCCC2)c1. The standard InChI is InChI=1S/C35H48N4O4/c40-32(36-30-20-12-14-26(24-30)34(42)38-28-16-6-4-7-17-28)22-10-2-1-3-11-23-33(41)37-31-21-13-15-27(25-31)35(43)39-29-18-8-5-9-19-29/h12-15,20-21,24-25,28-29H,1-11,16-19,22-23H2,(H,36,40)(H,37,41)(H,38,42)(H,39,43). The van der Waals surface area contributed by atoms with Crippen LogP contribution in [-0.4, -0.2) is 35.7 Å². The van der Waals surface area contributed by atoms with Crippen molar-refractivity contribution < 1.29 is 19.2 Å². The van der Waals surface area contributed by atoms with Gasteiger partial charge in [0.05, 0.1) is 0 Å². The summed E-state index contributed by atoms with van der Waals surface area (Å²) in [4.78, 5) is 50.1. The fourth-order valence-electron chi connectivity index (χ4n) is 6.06. The molecule has 0 radical (unpaired) electrons. The van der Waals surface area contributed by atoms with E-state index in [0.717, 1.165) is 83.5 Å². The normalized spacial score (nSPS) is 15.8. The second-order valence-electron chi connectivity index (χ2n) is 12.1. The summed E-state index contributed by atoms with van der Waals surface area (Å²) < 4.78 is 0. The van der Waals surface area contributed by atoms with Crippen LogP contribution < -0.4 is 21.3 Å². The lowest BCUT2D eigenvalue weighted by Gasteiger charge is -2.22. The highest BCUT2D eigenvalue weighted by atomic mass is 16.2. The van der Waals surface area contributed by atoms with Crippen LogP contribution in [0.4, 0.5) is 11.4 Å². The second-order valence-corrected chi connectivity index (χ2v) is 12.1. The van der Waals surface area contributed by atoms with E-state index in [-0.39, 0.29) is 35.7 Å². The summed E-state index contributed by atoms with van der Waals surface area (Å²) in [5.41, 5.74) is 2.42. The Morgan fingerprint density at radius 2 is 0.930 bits per heavy atom. The van der Waals surface area contributed by atoms with Crippen LogP contribution in [0.1, 0.15) is 130 Å². The fraction of sp³-hybridized carbons (Fsp3) is 0.543. The zero-order valence-corrected chi connectivity index (χ0v) is 25.4. The van der Waals surface area contributed by atoms with Crippen molar-refractivity contribution in [2.24, 2.45) is 0 Å². The zero-order chi connectivity index (χ0) is 30.3. The molecule has 2 aromatic rings. The molecule has 2 fully saturated rings. The molecule has 2 aliphatic carbocycles. The molecule has 2 aromatic carbocycles. The summed E-state index contributed by atoms with van der Waals surface area (Å²) in [6.45, 7) is 0. The van der Waals surface area contributed by atoms with Crippen molar-refractivity contribution in [1.29, 1.82) is 0 Å². The number of rotatable bonds is 14. The number of carbonyl (C=O) groups excluding carboxylic acids is 4. The van der Waals surface area contributed by atoms with E-state index >= 15 is 0 Å². The molecule has 232 valence electrons. The molecule has 0 aromatic heterocycles. The molecule has 4 N–H and O–H groups in total. The van der Waals surface area contributed by atoms with Gasteiger partial charge in [-0.25, -0.2) is 0 Å². The molecule has 4 amide bonds. The molecule has 0 unspecified atom stereocenters. The van der Waals surface area contributed by atoms with Crippen LogP contribution in [0.5, 0.6) is 0 Å². The average Bonchev–Trinajstić information content (AvgIpc) is 3.02. The van der Waals surface area contributed by atoms with Gasteiger partial charge in [0.1, 0.15) is 0 Å². The maximum absolute atomic E-state index is 12.6. The van der Waals surface area contributed by atoms with Gasteiger partial charge in [-0.3, -0.25) is 19.2 Å². The van der Waals surface area contributed by atoms with Gasteiger partial charge in [-0.05, 0) is 74.9 Å². The summed E-state index contributed by atoms with van der Waals surface area (Å²) in [5, 5.41) is 12.1. The first-order chi connectivity index (χ1) is 21.0. The third-order valence-corrected chi connectivity index (χ3v) is 8.51. The van der Waals surface area contributed by atoms with Gasteiger partial charge in [-0.2, -0.15) is 0 Å². The third-order valence-electron chi connectivity index (χ3n) is 8.51. The molecule has 8 nitrogen and oxygen atoms in total. The first-order valence-electron chi connectivity index (χ1n) is 16.4. The molecule has 2 saturated carbocycles. The molecular weight excluding hydrogens is 540 g/mol. The minimum absolute atomic E-state index is 0.0566. The highest BCUT2D eigenvalue weighted by Gasteiger charge is 2.18. The van der Waals surface area contributed by atoms with Gasteiger partial charge in [0.25, 0.3) is 11.8 Å². The van der Waals surface area contributed by atoms with Gasteiger partial charge in [0.15, 0.2) is 0 Å². The molecule has 4 rings (SSSR count). The maximum Gasteiger partial charge on any atom is 0.251 e. The predicted molar refractivity (Wildman–Crippen MR) is 171 cm³/mol. The first-order valence-corrected chi connectivity index (χ1v) is 16.4. The Balaban J connectivity index is 1.06. The van der Waals surface area contributed by atoms with Crippen LogP contribution in [-0.2, 0) is 9.59 Å². The molecule has 0 aliphatic heterocycles. The minimum Gasteiger partial charge on any atom is -0.349 e. The van der Waals surface area contributed by atoms with E-state index in [1.807, 2.05) is 12.1 Å². The fourth-order valence-corrected chi connectivity index (χ4v) is 6.06. The number of unbranched alkanes of at least 4 members (excludes halogenated alkanes) is 4. The summed E-state index contributed by atoms with van der Waals surface area (Å²) in [7, 11) is 0. The van der Waals surface area contributed by atoms with Gasteiger partial charge in [-0.1, -0.05) is 69.9 Å². The lowest BCUT2D eigenvalue weighted by Crippen LogP contribution is -2.36. The van der Waals surface area contributed by atoms with Gasteiger partial charge < -0.3 is 21.3 Å². The van der Waals surface area contributed by atoms with Crippen LogP contribution >= 0.6 is 0 Å². The summed E-state index contributed by atoms with van der Waals surface area (Å²) in [6.07, 6.45) is 16.4. The summed E-state index contributed by atoms with van der Waals surface area (Å²) >= 11 is 0. The molecule has 0 atom stereocenters. The molecule has 43 heavy (non-hydrogen) atoms. The van der Waals surface area contributed by atoms with E-state index in [4.69, 9.17) is 0 Å². The van der Waals surface area contributed by atoms with E-state index in [9.17, 15) is 19.2 Å². The van der Waals surface area contributed by atoms with Crippen LogP contribution in [0, 0.1) is 0 Å². The van der Waals surface area contributed by atoms with Gasteiger partial charge in [0.2, 0.25) is 11.8 Å². The van der Waals surface area contributed by atoms with E-state index in [0.29, 0.717) is 35.3 Å². The van der Waals surface area contributed by atoms with Crippen molar-refractivity contribution in [3.05, 3.63) is 59.7 Å². The number of hydrogen-bond donors (Lipinski definition) is 4. The highest BCUT2D eigenvalue weighted by molar-refractivity contribution is 5.98. The molecule has 0 heterocycles. The summed E-state index contributed by atoms with van der Waals surface area (Å²) in [6, 6.07) is 14.7. The van der Waals surface area contributed by atoms with Crippen molar-refractivity contribution in [3.8, 4) is 0 Å². The van der Waals surface area contributed by atoms with Crippen molar-refractivity contribution in [2.75, 3.05) is 10.6 Å². The van der Waals surface area contributed by atoms with Crippen LogP contribution in [0.25, 0.3) is 0 Å². The molecule has 8 heteroatoms. The Hall–Kier alpha value is -3.68. The van der Waals surface area contributed by atoms with E-state index in [2.05, 4.69) is 21.3 Å². The number of anilines is 2. The minimum atomic E-state index is -0.0811. The quantitative estimate of drug-likeness (QED) is 0.176. The van der Waals surface area contributed by atoms with Crippen LogP contribution in [0.15, 0.2) is 48.5 Å². The van der Waals surface area contributed by atoms with Crippen molar-refractivity contribution in [1.82, 2.24) is 10.6 Å². The van der Waals surface area contributed by atoms with E-state index in [1.165, 1.54) is 12.8 Å². The number of hydrogen-bond acceptors (Lipinski definition) is 4. The number of amides is 4. The van der Waals surface area contributed by atoms with E-state index in [1.54, 1.807) is 36.4 Å². The smallest absolute Gasteiger partial charge is 0.251 e. The Morgan fingerprint density at radius 1 is 0.535 bits per heavy atom. The number of benzene rings is 2. The van der Waals surface area contributed by atoms with Gasteiger partial charge >= 0.3 is 0 Å². The third kappa shape index (κ3) is 11.5. The molecule has 0 bridgehead atoms. The lowest BCUT2D eigenvalue weighted by atomic mass is 9.95. The monoisotopic (exact) mass is 588 g/mol. The second kappa shape index (κ2) is 17.4. The molecule has 2 aliphatic rings. The Kier molecular flexibility index (Phi) is 13.1. The Bertz CT molecular complexity index is 1120. The van der Waals surface area contributed by atoms with Crippen LogP contribution in [0.3, 0.4) is 0 Å². The van der Waals surface area contributed by atoms with E-state index < -0.39 is 0 Å². The zero-order valence-electron chi connectivity index (χ0n) is 25.4. The Morgan fingerprint density at radius 3 is 1.35 bits per heavy atom. The van der Waals surface area contributed by atoms with Gasteiger partial charge in [-0.15, -0.1) is 0 Å². The topological polar surface area (TPSA) is 116 Å². The Labute approximate surface area is 256 Å². The van der Waals surface area contributed by atoms with Crippen LogP contribution in [0.2, 0.25) is 0 Å². The molecular formula is C35H48N4O4. The number of carbonyl (C=O) groups is 4. The van der Waals surface area contributed by atoms with Crippen molar-refractivity contribution in [3.63, 3.8) is 0 Å². The number of nitrogens with one attached hydrogen (secondary N) is 4. The highest BCUT2D eigenvalue weighted by Crippen LogP contribution is 2.20. The molecule has 0 saturated heterocycles. The predicted octanol–water partition coefficient (Wildman–Crippen LogP) is 7.12. The first kappa shape index (κ1) is 32.2. The summed E-state index contributed by atoms with van der Waals surface area (Å²) in [5.74, 6) is -0.275. The van der Waals surface area contributed by atoms with Crippen molar-refractivity contribution in [2.45, 2.75) is 121 Å². The van der Waals surface area contributed by atoms with Crippen molar-refractivity contribution >= 4 is 35.0 Å². The largest absolute Gasteiger partial charge is 0.349 e. The average molecular weight is 589 g/mol. The lowest BCUT2D eigenvalue weighted by molar-refractivity contribution is -0.117.